The van der Waals surface area contributed by atoms with Gasteiger partial charge in [-0.25, -0.2) is 0 Å². The van der Waals surface area contributed by atoms with Gasteiger partial charge in [0.05, 0.1) is 6.07 Å². The van der Waals surface area contributed by atoms with Crippen LogP contribution in [0.3, 0.4) is 0 Å². The molecule has 0 spiro atoms. The summed E-state index contributed by atoms with van der Waals surface area (Å²) in [5.74, 6) is 0.729. The minimum absolute atomic E-state index is 0.402. The van der Waals surface area contributed by atoms with Gasteiger partial charge < -0.3 is 9.64 Å². The van der Waals surface area contributed by atoms with Crippen molar-refractivity contribution in [3.05, 3.63) is 0 Å². The maximum Gasteiger partial charge on any atom is 0.116 e. The van der Waals surface area contributed by atoms with Crippen LogP contribution < -0.4 is 5.32 Å². The van der Waals surface area contributed by atoms with Gasteiger partial charge in [0, 0.05) is 32.3 Å². The SMILES string of the molecule is CN(CC1CCOCC1)CC(C)(C#N)NC1CC1. The molecule has 1 aliphatic carbocycles. The molecule has 4 nitrogen and oxygen atoms in total. The standard InChI is InChI=1S/C14H25N3O/c1-14(10-15,16-13-3-4-13)11-17(2)9-12-5-7-18-8-6-12/h12-13,16H,3-9,11H2,1-2H3. The van der Waals surface area contributed by atoms with E-state index in [9.17, 15) is 5.26 Å². The van der Waals surface area contributed by atoms with E-state index in [1.54, 1.807) is 0 Å². The fourth-order valence-electron chi connectivity index (χ4n) is 2.77. The zero-order chi connectivity index (χ0) is 13.0. The van der Waals surface area contributed by atoms with E-state index in [4.69, 9.17) is 4.74 Å². The zero-order valence-corrected chi connectivity index (χ0v) is 11.6. The first-order valence-electron chi connectivity index (χ1n) is 7.06. The first-order chi connectivity index (χ1) is 8.61. The zero-order valence-electron chi connectivity index (χ0n) is 11.6. The maximum absolute atomic E-state index is 9.36. The number of nitrogens with zero attached hydrogens (tertiary/aromatic N) is 2. The van der Waals surface area contributed by atoms with Crippen molar-refractivity contribution >= 4 is 0 Å². The highest BCUT2D eigenvalue weighted by Crippen LogP contribution is 2.23. The molecule has 0 bridgehead atoms. The van der Waals surface area contributed by atoms with E-state index in [1.165, 1.54) is 12.8 Å². The van der Waals surface area contributed by atoms with Crippen molar-refractivity contribution < 1.29 is 4.74 Å². The minimum Gasteiger partial charge on any atom is -0.381 e. The lowest BCUT2D eigenvalue weighted by Gasteiger charge is -2.32. The van der Waals surface area contributed by atoms with Crippen molar-refractivity contribution in [3.63, 3.8) is 0 Å². The second-order valence-electron chi connectivity index (χ2n) is 6.12. The highest BCUT2D eigenvalue weighted by Gasteiger charge is 2.33. The van der Waals surface area contributed by atoms with Crippen LogP contribution in [0.25, 0.3) is 0 Å². The highest BCUT2D eigenvalue weighted by molar-refractivity contribution is 5.08. The largest absolute Gasteiger partial charge is 0.381 e. The molecule has 4 heteroatoms. The molecule has 102 valence electrons. The molecule has 2 rings (SSSR count). The molecule has 1 heterocycles. The Hall–Kier alpha value is -0.630. The summed E-state index contributed by atoms with van der Waals surface area (Å²) in [5, 5.41) is 12.8. The molecule has 0 radical (unpaired) electrons. The predicted octanol–water partition coefficient (Wildman–Crippen LogP) is 1.38. The van der Waals surface area contributed by atoms with Gasteiger partial charge in [-0.05, 0) is 45.6 Å². The normalized spacial score (nSPS) is 24.8. The summed E-state index contributed by atoms with van der Waals surface area (Å²) < 4.78 is 5.38. The molecular weight excluding hydrogens is 226 g/mol. The summed E-state index contributed by atoms with van der Waals surface area (Å²) in [6, 6.07) is 3.02. The molecule has 1 atom stereocenters. The van der Waals surface area contributed by atoms with Gasteiger partial charge in [0.1, 0.15) is 5.54 Å². The average Bonchev–Trinajstić information content (AvgIpc) is 3.13. The van der Waals surface area contributed by atoms with Crippen LogP contribution in [0, 0.1) is 17.2 Å². The number of nitrogens with one attached hydrogen (secondary N) is 1. The van der Waals surface area contributed by atoms with Crippen LogP contribution in [0.15, 0.2) is 0 Å². The molecule has 1 N–H and O–H groups in total. The Labute approximate surface area is 110 Å². The van der Waals surface area contributed by atoms with Crippen LogP contribution in [0.2, 0.25) is 0 Å². The van der Waals surface area contributed by atoms with Crippen LogP contribution in [0.5, 0.6) is 0 Å². The quantitative estimate of drug-likeness (QED) is 0.775. The van der Waals surface area contributed by atoms with Crippen molar-refractivity contribution in [2.24, 2.45) is 5.92 Å². The van der Waals surface area contributed by atoms with E-state index in [2.05, 4.69) is 23.3 Å². The van der Waals surface area contributed by atoms with Gasteiger partial charge >= 0.3 is 0 Å². The van der Waals surface area contributed by atoms with Crippen molar-refractivity contribution in [2.45, 2.75) is 44.2 Å². The lowest BCUT2D eigenvalue weighted by molar-refractivity contribution is 0.0538. The summed E-state index contributed by atoms with van der Waals surface area (Å²) in [7, 11) is 2.12. The van der Waals surface area contributed by atoms with Crippen LogP contribution in [0.1, 0.15) is 32.6 Å². The number of rotatable bonds is 6. The summed E-state index contributed by atoms with van der Waals surface area (Å²) in [4.78, 5) is 2.30. The molecule has 1 aliphatic heterocycles. The number of ether oxygens (including phenoxy) is 1. The Balaban J connectivity index is 1.77. The van der Waals surface area contributed by atoms with E-state index in [0.717, 1.165) is 45.1 Å². The Bertz CT molecular complexity index is 305. The second kappa shape index (κ2) is 6.01. The molecule has 1 unspecified atom stereocenters. The highest BCUT2D eigenvalue weighted by atomic mass is 16.5. The van der Waals surface area contributed by atoms with E-state index in [0.29, 0.717) is 6.04 Å². The molecule has 2 fully saturated rings. The fraction of sp³-hybridized carbons (Fsp3) is 0.929. The molecule has 0 aromatic rings. The summed E-state index contributed by atoms with van der Waals surface area (Å²) >= 11 is 0. The van der Waals surface area contributed by atoms with Crippen molar-refractivity contribution in [1.29, 1.82) is 5.26 Å². The molecule has 0 aromatic heterocycles. The van der Waals surface area contributed by atoms with Crippen molar-refractivity contribution in [3.8, 4) is 6.07 Å². The lowest BCUT2D eigenvalue weighted by Crippen LogP contribution is -2.51. The van der Waals surface area contributed by atoms with Crippen molar-refractivity contribution in [2.75, 3.05) is 33.4 Å². The Kier molecular flexibility index (Phi) is 4.60. The van der Waals surface area contributed by atoms with Crippen LogP contribution in [0.4, 0.5) is 0 Å². The van der Waals surface area contributed by atoms with Crippen LogP contribution in [-0.2, 0) is 4.74 Å². The number of likely N-dealkylation sites (N-methyl/N-ethyl adjacent to an activating group) is 1. The summed E-state index contributed by atoms with van der Waals surface area (Å²) in [6.45, 7) is 5.69. The smallest absolute Gasteiger partial charge is 0.116 e. The van der Waals surface area contributed by atoms with E-state index in [1.807, 2.05) is 6.92 Å². The number of hydrogen-bond acceptors (Lipinski definition) is 4. The van der Waals surface area contributed by atoms with Crippen molar-refractivity contribution in [1.82, 2.24) is 10.2 Å². The lowest BCUT2D eigenvalue weighted by atomic mass is 9.98. The average molecular weight is 251 g/mol. The Morgan fingerprint density at radius 1 is 1.33 bits per heavy atom. The first-order valence-corrected chi connectivity index (χ1v) is 7.06. The number of hydrogen-bond donors (Lipinski definition) is 1. The van der Waals surface area contributed by atoms with Crippen LogP contribution in [-0.4, -0.2) is 49.8 Å². The van der Waals surface area contributed by atoms with Gasteiger partial charge in [0.15, 0.2) is 0 Å². The van der Waals surface area contributed by atoms with Crippen LogP contribution >= 0.6 is 0 Å². The second-order valence-corrected chi connectivity index (χ2v) is 6.12. The molecular formula is C14H25N3O. The van der Waals surface area contributed by atoms with Gasteiger partial charge in [-0.15, -0.1) is 0 Å². The van der Waals surface area contributed by atoms with E-state index in [-0.39, 0.29) is 0 Å². The van der Waals surface area contributed by atoms with Gasteiger partial charge in [-0.3, -0.25) is 5.32 Å². The summed E-state index contributed by atoms with van der Waals surface area (Å²) in [6.07, 6.45) is 4.76. The van der Waals surface area contributed by atoms with Gasteiger partial charge in [-0.1, -0.05) is 0 Å². The first kappa shape index (κ1) is 13.8. The predicted molar refractivity (Wildman–Crippen MR) is 71.2 cm³/mol. The van der Waals surface area contributed by atoms with Gasteiger partial charge in [0.2, 0.25) is 0 Å². The molecule has 1 saturated carbocycles. The molecule has 1 saturated heterocycles. The van der Waals surface area contributed by atoms with Gasteiger partial charge in [-0.2, -0.15) is 5.26 Å². The molecule has 2 aliphatic rings. The molecule has 18 heavy (non-hydrogen) atoms. The third kappa shape index (κ3) is 4.24. The third-order valence-corrected chi connectivity index (χ3v) is 3.84. The van der Waals surface area contributed by atoms with E-state index >= 15 is 0 Å². The monoisotopic (exact) mass is 251 g/mol. The van der Waals surface area contributed by atoms with Gasteiger partial charge in [0.25, 0.3) is 0 Å². The minimum atomic E-state index is -0.402. The third-order valence-electron chi connectivity index (χ3n) is 3.84. The number of nitriles is 1. The maximum atomic E-state index is 9.36. The molecule has 0 aromatic carbocycles. The molecule has 0 amide bonds. The Morgan fingerprint density at radius 3 is 2.56 bits per heavy atom. The Morgan fingerprint density at radius 2 is 2.00 bits per heavy atom. The fourth-order valence-corrected chi connectivity index (χ4v) is 2.77. The summed E-state index contributed by atoms with van der Waals surface area (Å²) in [5.41, 5.74) is -0.402. The van der Waals surface area contributed by atoms with E-state index < -0.39 is 5.54 Å². The topological polar surface area (TPSA) is 48.3 Å².